The van der Waals surface area contributed by atoms with Crippen molar-refractivity contribution in [1.29, 1.82) is 0 Å². The lowest BCUT2D eigenvalue weighted by Gasteiger charge is -2.13. The number of aromatic carboxylic acids is 1. The van der Waals surface area contributed by atoms with Gasteiger partial charge in [-0.15, -0.1) is 0 Å². The van der Waals surface area contributed by atoms with E-state index in [4.69, 9.17) is 5.11 Å². The van der Waals surface area contributed by atoms with Gasteiger partial charge in [-0.25, -0.2) is 4.79 Å². The number of aromatic nitrogens is 1. The number of hydrogen-bond donors (Lipinski definition) is 1. The fraction of sp³-hybridized carbons (Fsp3) is 0.273. The van der Waals surface area contributed by atoms with Gasteiger partial charge in [0.05, 0.1) is 11.3 Å². The van der Waals surface area contributed by atoms with Crippen molar-refractivity contribution in [3.05, 3.63) is 41.7 Å². The molecule has 78 valence electrons. The molecule has 0 aliphatic carbocycles. The van der Waals surface area contributed by atoms with Crippen molar-refractivity contribution < 1.29 is 9.90 Å². The summed E-state index contributed by atoms with van der Waals surface area (Å²) in [4.78, 5) is 17.1. The molecular formula is C11H12N2O2. The maximum Gasteiger partial charge on any atom is 0.335 e. The minimum atomic E-state index is -0.904. The van der Waals surface area contributed by atoms with Crippen LogP contribution in [0.25, 0.3) is 0 Å². The van der Waals surface area contributed by atoms with E-state index >= 15 is 0 Å². The average Bonchev–Trinajstić information content (AvgIpc) is 2.71. The van der Waals surface area contributed by atoms with Crippen LogP contribution in [0.2, 0.25) is 0 Å². The van der Waals surface area contributed by atoms with Gasteiger partial charge in [-0.3, -0.25) is 9.88 Å². The summed E-state index contributed by atoms with van der Waals surface area (Å²) in [6, 6.07) is 3.13. The number of rotatable bonds is 3. The second-order valence-electron chi connectivity index (χ2n) is 3.51. The number of pyridine rings is 1. The van der Waals surface area contributed by atoms with Gasteiger partial charge in [-0.1, -0.05) is 12.2 Å². The first kappa shape index (κ1) is 9.86. The fourth-order valence-electron chi connectivity index (χ4n) is 1.58. The third-order valence-electron chi connectivity index (χ3n) is 2.34. The molecule has 0 saturated heterocycles. The summed E-state index contributed by atoms with van der Waals surface area (Å²) in [7, 11) is 0. The zero-order valence-electron chi connectivity index (χ0n) is 8.26. The highest BCUT2D eigenvalue weighted by molar-refractivity contribution is 5.87. The average molecular weight is 204 g/mol. The van der Waals surface area contributed by atoms with Gasteiger partial charge >= 0.3 is 5.97 Å². The molecule has 2 heterocycles. The van der Waals surface area contributed by atoms with E-state index in [1.54, 1.807) is 12.3 Å². The Labute approximate surface area is 87.9 Å². The second-order valence-corrected chi connectivity index (χ2v) is 3.51. The van der Waals surface area contributed by atoms with Gasteiger partial charge in [-0.2, -0.15) is 0 Å². The highest BCUT2D eigenvalue weighted by atomic mass is 16.4. The lowest BCUT2D eigenvalue weighted by atomic mass is 10.2. The van der Waals surface area contributed by atoms with E-state index < -0.39 is 5.97 Å². The molecule has 0 fully saturated rings. The molecule has 0 radical (unpaired) electrons. The third-order valence-corrected chi connectivity index (χ3v) is 2.34. The Hall–Kier alpha value is -1.68. The minimum Gasteiger partial charge on any atom is -0.478 e. The molecule has 4 nitrogen and oxygen atoms in total. The van der Waals surface area contributed by atoms with E-state index in [0.29, 0.717) is 12.1 Å². The molecule has 1 aliphatic rings. The van der Waals surface area contributed by atoms with E-state index in [1.807, 2.05) is 0 Å². The zero-order valence-corrected chi connectivity index (χ0v) is 8.26. The van der Waals surface area contributed by atoms with Crippen LogP contribution < -0.4 is 0 Å². The first-order chi connectivity index (χ1) is 7.25. The molecule has 0 amide bonds. The fourth-order valence-corrected chi connectivity index (χ4v) is 1.58. The highest BCUT2D eigenvalue weighted by Gasteiger charge is 2.09. The summed E-state index contributed by atoms with van der Waals surface area (Å²) < 4.78 is 0. The Morgan fingerprint density at radius 2 is 2.20 bits per heavy atom. The molecular weight excluding hydrogens is 192 g/mol. The molecule has 1 aromatic heterocycles. The predicted molar refractivity (Wildman–Crippen MR) is 55.6 cm³/mol. The topological polar surface area (TPSA) is 53.4 Å². The van der Waals surface area contributed by atoms with E-state index in [9.17, 15) is 4.79 Å². The van der Waals surface area contributed by atoms with Crippen LogP contribution in [0.3, 0.4) is 0 Å². The number of carboxylic acids is 1. The van der Waals surface area contributed by atoms with Gasteiger partial charge in [0, 0.05) is 25.8 Å². The monoisotopic (exact) mass is 204 g/mol. The lowest BCUT2D eigenvalue weighted by Crippen LogP contribution is -2.20. The van der Waals surface area contributed by atoms with Crippen LogP contribution in [0.4, 0.5) is 0 Å². The van der Waals surface area contributed by atoms with E-state index in [-0.39, 0.29) is 0 Å². The first-order valence-corrected chi connectivity index (χ1v) is 4.81. The maximum absolute atomic E-state index is 10.7. The van der Waals surface area contributed by atoms with E-state index in [2.05, 4.69) is 22.0 Å². The Morgan fingerprint density at radius 3 is 2.87 bits per heavy atom. The van der Waals surface area contributed by atoms with Gasteiger partial charge < -0.3 is 5.11 Å². The molecule has 15 heavy (non-hydrogen) atoms. The normalized spacial score (nSPS) is 15.7. The molecule has 0 spiro atoms. The largest absolute Gasteiger partial charge is 0.478 e. The van der Waals surface area contributed by atoms with Crippen LogP contribution in [0.15, 0.2) is 30.5 Å². The molecule has 0 atom stereocenters. The van der Waals surface area contributed by atoms with E-state index in [0.717, 1.165) is 18.8 Å². The van der Waals surface area contributed by atoms with Crippen molar-refractivity contribution in [2.75, 3.05) is 13.1 Å². The second kappa shape index (κ2) is 4.23. The van der Waals surface area contributed by atoms with Crippen LogP contribution >= 0.6 is 0 Å². The number of nitrogens with zero attached hydrogens (tertiary/aromatic N) is 2. The molecule has 2 rings (SSSR count). The summed E-state index contributed by atoms with van der Waals surface area (Å²) in [5.74, 6) is -0.904. The summed E-state index contributed by atoms with van der Waals surface area (Å²) in [5.41, 5.74) is 1.10. The van der Waals surface area contributed by atoms with Crippen LogP contribution in [0.5, 0.6) is 0 Å². The quantitative estimate of drug-likeness (QED) is 0.750. The predicted octanol–water partition coefficient (Wildman–Crippen LogP) is 1.15. The number of carboxylic acid groups (broad SMARTS) is 1. The third kappa shape index (κ3) is 2.41. The Kier molecular flexibility index (Phi) is 2.78. The van der Waals surface area contributed by atoms with Crippen LogP contribution in [-0.4, -0.2) is 34.0 Å². The van der Waals surface area contributed by atoms with Gasteiger partial charge in [-0.05, 0) is 12.1 Å². The van der Waals surface area contributed by atoms with Gasteiger partial charge in [0.2, 0.25) is 0 Å². The molecule has 0 aromatic carbocycles. The van der Waals surface area contributed by atoms with Crippen molar-refractivity contribution in [2.24, 2.45) is 0 Å². The van der Waals surface area contributed by atoms with Crippen molar-refractivity contribution >= 4 is 5.97 Å². The summed E-state index contributed by atoms with van der Waals surface area (Å²) in [6.45, 7) is 2.53. The van der Waals surface area contributed by atoms with Gasteiger partial charge in [0.15, 0.2) is 0 Å². The van der Waals surface area contributed by atoms with Crippen molar-refractivity contribution in [1.82, 2.24) is 9.88 Å². The van der Waals surface area contributed by atoms with Gasteiger partial charge in [0.25, 0.3) is 0 Å². The smallest absolute Gasteiger partial charge is 0.335 e. The van der Waals surface area contributed by atoms with Crippen LogP contribution in [0.1, 0.15) is 16.1 Å². The molecule has 4 heteroatoms. The highest BCUT2D eigenvalue weighted by Crippen LogP contribution is 2.08. The van der Waals surface area contributed by atoms with E-state index in [1.165, 1.54) is 6.07 Å². The Balaban J connectivity index is 2.07. The minimum absolute atomic E-state index is 0.298. The molecule has 1 aliphatic heterocycles. The van der Waals surface area contributed by atoms with Crippen LogP contribution in [-0.2, 0) is 6.54 Å². The van der Waals surface area contributed by atoms with Crippen molar-refractivity contribution in [3.63, 3.8) is 0 Å². The SMILES string of the molecule is O=C(O)c1ccnc(CN2CC=CC2)c1. The molecule has 0 unspecified atom stereocenters. The van der Waals surface area contributed by atoms with Crippen molar-refractivity contribution in [3.8, 4) is 0 Å². The zero-order chi connectivity index (χ0) is 10.7. The Morgan fingerprint density at radius 1 is 1.47 bits per heavy atom. The molecule has 1 aromatic rings. The van der Waals surface area contributed by atoms with Gasteiger partial charge in [0.1, 0.15) is 0 Å². The molecule has 1 N–H and O–H groups in total. The summed E-state index contributed by atoms with van der Waals surface area (Å²) in [5, 5.41) is 8.82. The molecule has 0 saturated carbocycles. The maximum atomic E-state index is 10.7. The molecule has 0 bridgehead atoms. The van der Waals surface area contributed by atoms with Crippen molar-refractivity contribution in [2.45, 2.75) is 6.54 Å². The first-order valence-electron chi connectivity index (χ1n) is 4.81. The number of carbonyl (C=O) groups is 1. The lowest BCUT2D eigenvalue weighted by molar-refractivity contribution is 0.0696. The Bertz CT molecular complexity index is 393. The number of hydrogen-bond acceptors (Lipinski definition) is 3. The standard InChI is InChI=1S/C11H12N2O2/c14-11(15)9-3-4-12-10(7-9)8-13-5-1-2-6-13/h1-4,7H,5-6,8H2,(H,14,15). The van der Waals surface area contributed by atoms with Crippen LogP contribution in [0, 0.1) is 0 Å². The summed E-state index contributed by atoms with van der Waals surface area (Å²) in [6.07, 6.45) is 5.74. The summed E-state index contributed by atoms with van der Waals surface area (Å²) >= 11 is 0.